The van der Waals surface area contributed by atoms with E-state index in [9.17, 15) is 8.42 Å². The molecule has 1 atom stereocenters. The Balaban J connectivity index is 2.24. The second-order valence-corrected chi connectivity index (χ2v) is 6.60. The second-order valence-electron chi connectivity index (χ2n) is 4.71. The molecule has 1 aliphatic rings. The summed E-state index contributed by atoms with van der Waals surface area (Å²) < 4.78 is 32.1. The Morgan fingerprint density at radius 1 is 1.28 bits per heavy atom. The highest BCUT2D eigenvalue weighted by Crippen LogP contribution is 2.27. The molecule has 1 fully saturated rings. The van der Waals surface area contributed by atoms with Crippen LogP contribution < -0.4 is 0 Å². The van der Waals surface area contributed by atoms with Crippen LogP contribution in [-0.2, 0) is 14.8 Å². The van der Waals surface area contributed by atoms with E-state index in [1.807, 2.05) is 19.9 Å². The van der Waals surface area contributed by atoms with Crippen molar-refractivity contribution in [2.24, 2.45) is 0 Å². The van der Waals surface area contributed by atoms with Crippen LogP contribution >= 0.6 is 0 Å². The van der Waals surface area contributed by atoms with Crippen molar-refractivity contribution in [3.8, 4) is 0 Å². The fourth-order valence-electron chi connectivity index (χ4n) is 2.16. The predicted molar refractivity (Wildman–Crippen MR) is 69.6 cm³/mol. The quantitative estimate of drug-likeness (QED) is 0.842. The summed E-state index contributed by atoms with van der Waals surface area (Å²) in [4.78, 5) is 0.337. The van der Waals surface area contributed by atoms with E-state index >= 15 is 0 Å². The van der Waals surface area contributed by atoms with Gasteiger partial charge in [0.2, 0.25) is 10.0 Å². The first kappa shape index (κ1) is 13.5. The molecule has 1 unspecified atom stereocenters. The molecule has 0 N–H and O–H groups in total. The summed E-state index contributed by atoms with van der Waals surface area (Å²) in [6, 6.07) is 8.54. The van der Waals surface area contributed by atoms with Crippen LogP contribution in [0, 0.1) is 0 Å². The van der Waals surface area contributed by atoms with Crippen LogP contribution in [0.25, 0.3) is 0 Å². The van der Waals surface area contributed by atoms with Crippen LogP contribution in [0.4, 0.5) is 0 Å². The molecule has 5 heteroatoms. The van der Waals surface area contributed by atoms with E-state index in [1.165, 1.54) is 4.31 Å². The SMILES string of the molecule is CC(C)OC1CCCN1S(=O)(=O)c1ccccc1. The maximum absolute atomic E-state index is 12.5. The molecule has 0 aliphatic carbocycles. The van der Waals surface area contributed by atoms with Crippen molar-refractivity contribution >= 4 is 10.0 Å². The molecule has 0 bridgehead atoms. The van der Waals surface area contributed by atoms with Crippen molar-refractivity contribution in [2.45, 2.75) is 43.9 Å². The largest absolute Gasteiger partial charge is 0.359 e. The average Bonchev–Trinajstić information content (AvgIpc) is 2.78. The Morgan fingerprint density at radius 3 is 2.56 bits per heavy atom. The number of rotatable bonds is 4. The molecule has 1 heterocycles. The molecule has 0 aromatic heterocycles. The number of benzene rings is 1. The van der Waals surface area contributed by atoms with E-state index in [2.05, 4.69) is 0 Å². The Kier molecular flexibility index (Phi) is 4.04. The first-order valence-electron chi connectivity index (χ1n) is 6.24. The Labute approximate surface area is 109 Å². The van der Waals surface area contributed by atoms with Crippen LogP contribution in [0.1, 0.15) is 26.7 Å². The van der Waals surface area contributed by atoms with Gasteiger partial charge in [0.25, 0.3) is 0 Å². The first-order valence-corrected chi connectivity index (χ1v) is 7.68. The summed E-state index contributed by atoms with van der Waals surface area (Å²) in [6.07, 6.45) is 1.32. The summed E-state index contributed by atoms with van der Waals surface area (Å²) in [5.74, 6) is 0. The molecule has 0 radical (unpaired) electrons. The van der Waals surface area contributed by atoms with Crippen molar-refractivity contribution in [1.29, 1.82) is 0 Å². The molecule has 2 rings (SSSR count). The average molecular weight is 269 g/mol. The minimum atomic E-state index is -3.43. The van der Waals surface area contributed by atoms with E-state index < -0.39 is 10.0 Å². The number of nitrogens with zero attached hydrogens (tertiary/aromatic N) is 1. The monoisotopic (exact) mass is 269 g/mol. The molecule has 0 spiro atoms. The summed E-state index contributed by atoms with van der Waals surface area (Å²) in [6.45, 7) is 4.38. The van der Waals surface area contributed by atoms with Gasteiger partial charge < -0.3 is 4.74 Å². The summed E-state index contributed by atoms with van der Waals surface area (Å²) in [5.41, 5.74) is 0. The molecule has 100 valence electrons. The molecule has 4 nitrogen and oxygen atoms in total. The fraction of sp³-hybridized carbons (Fsp3) is 0.538. The van der Waals surface area contributed by atoms with Gasteiger partial charge in [0.05, 0.1) is 11.0 Å². The number of ether oxygens (including phenoxy) is 1. The zero-order valence-electron chi connectivity index (χ0n) is 10.7. The van der Waals surface area contributed by atoms with Gasteiger partial charge in [0.1, 0.15) is 6.23 Å². The van der Waals surface area contributed by atoms with Crippen molar-refractivity contribution in [1.82, 2.24) is 4.31 Å². The molecule has 18 heavy (non-hydrogen) atoms. The highest BCUT2D eigenvalue weighted by atomic mass is 32.2. The Morgan fingerprint density at radius 2 is 1.94 bits per heavy atom. The summed E-state index contributed by atoms with van der Waals surface area (Å²) >= 11 is 0. The molecule has 0 amide bonds. The zero-order valence-corrected chi connectivity index (χ0v) is 11.6. The van der Waals surface area contributed by atoms with Gasteiger partial charge in [-0.3, -0.25) is 0 Å². The molecular weight excluding hydrogens is 250 g/mol. The summed E-state index contributed by atoms with van der Waals surface area (Å²) in [5, 5.41) is 0. The van der Waals surface area contributed by atoms with Crippen molar-refractivity contribution < 1.29 is 13.2 Å². The van der Waals surface area contributed by atoms with Gasteiger partial charge in [-0.25, -0.2) is 8.42 Å². The van der Waals surface area contributed by atoms with Crippen LogP contribution in [0.5, 0.6) is 0 Å². The van der Waals surface area contributed by atoms with Crippen LogP contribution in [0.2, 0.25) is 0 Å². The number of hydrogen-bond acceptors (Lipinski definition) is 3. The van der Waals surface area contributed by atoms with Gasteiger partial charge in [-0.1, -0.05) is 18.2 Å². The standard InChI is InChI=1S/C13H19NO3S/c1-11(2)17-13-9-6-10-14(13)18(15,16)12-7-4-3-5-8-12/h3-5,7-8,11,13H,6,9-10H2,1-2H3. The van der Waals surface area contributed by atoms with Crippen LogP contribution in [0.15, 0.2) is 35.2 Å². The predicted octanol–water partition coefficient (Wildman–Crippen LogP) is 2.22. The topological polar surface area (TPSA) is 46.6 Å². The number of hydrogen-bond donors (Lipinski definition) is 0. The Bertz CT molecular complexity index is 484. The first-order chi connectivity index (χ1) is 8.51. The highest BCUT2D eigenvalue weighted by molar-refractivity contribution is 7.89. The highest BCUT2D eigenvalue weighted by Gasteiger charge is 2.36. The van der Waals surface area contributed by atoms with Crippen molar-refractivity contribution in [2.75, 3.05) is 6.54 Å². The molecule has 1 aromatic carbocycles. The molecule has 1 aliphatic heterocycles. The van der Waals surface area contributed by atoms with Gasteiger partial charge in [-0.05, 0) is 38.8 Å². The van der Waals surface area contributed by atoms with E-state index in [-0.39, 0.29) is 12.3 Å². The molecule has 1 aromatic rings. The maximum atomic E-state index is 12.5. The maximum Gasteiger partial charge on any atom is 0.245 e. The van der Waals surface area contributed by atoms with Crippen molar-refractivity contribution in [3.63, 3.8) is 0 Å². The van der Waals surface area contributed by atoms with Crippen LogP contribution in [-0.4, -0.2) is 31.6 Å². The zero-order chi connectivity index (χ0) is 13.2. The summed E-state index contributed by atoms with van der Waals surface area (Å²) in [7, 11) is -3.43. The lowest BCUT2D eigenvalue weighted by Gasteiger charge is -2.25. The lowest BCUT2D eigenvalue weighted by molar-refractivity contribution is -0.0358. The lowest BCUT2D eigenvalue weighted by Crippen LogP contribution is -2.38. The minimum absolute atomic E-state index is 0.0292. The van der Waals surface area contributed by atoms with Gasteiger partial charge in [-0.15, -0.1) is 0 Å². The van der Waals surface area contributed by atoms with E-state index in [0.717, 1.165) is 12.8 Å². The number of sulfonamides is 1. The molecular formula is C13H19NO3S. The second kappa shape index (κ2) is 5.38. The third-order valence-corrected chi connectivity index (χ3v) is 4.83. The van der Waals surface area contributed by atoms with E-state index in [4.69, 9.17) is 4.74 Å². The minimum Gasteiger partial charge on any atom is -0.359 e. The third-order valence-electron chi connectivity index (χ3n) is 2.93. The molecule has 0 saturated carbocycles. The molecule has 1 saturated heterocycles. The third kappa shape index (κ3) is 2.74. The van der Waals surface area contributed by atoms with E-state index in [0.29, 0.717) is 11.4 Å². The van der Waals surface area contributed by atoms with Gasteiger partial charge >= 0.3 is 0 Å². The van der Waals surface area contributed by atoms with Crippen LogP contribution in [0.3, 0.4) is 0 Å². The normalized spacial score (nSPS) is 21.6. The van der Waals surface area contributed by atoms with Crippen molar-refractivity contribution in [3.05, 3.63) is 30.3 Å². The van der Waals surface area contributed by atoms with Gasteiger partial charge in [0, 0.05) is 6.54 Å². The Hall–Kier alpha value is -0.910. The van der Waals surface area contributed by atoms with E-state index in [1.54, 1.807) is 24.3 Å². The smallest absolute Gasteiger partial charge is 0.245 e. The van der Waals surface area contributed by atoms with Gasteiger partial charge in [-0.2, -0.15) is 4.31 Å². The lowest BCUT2D eigenvalue weighted by atomic mass is 10.3. The fourth-order valence-corrected chi connectivity index (χ4v) is 3.77. The van der Waals surface area contributed by atoms with Gasteiger partial charge in [0.15, 0.2) is 0 Å².